The third-order valence-corrected chi connectivity index (χ3v) is 8.96. The van der Waals surface area contributed by atoms with Crippen LogP contribution < -0.4 is 0 Å². The summed E-state index contributed by atoms with van der Waals surface area (Å²) in [7, 11) is -1.53. The molecule has 0 aliphatic rings. The smallest absolute Gasteiger partial charge is 0.192 e. The molecule has 19 heavy (non-hydrogen) atoms. The van der Waals surface area contributed by atoms with Crippen molar-refractivity contribution in [3.63, 3.8) is 0 Å². The summed E-state index contributed by atoms with van der Waals surface area (Å²) in [4.78, 5) is 0. The molecule has 0 saturated heterocycles. The van der Waals surface area contributed by atoms with Gasteiger partial charge in [-0.3, -0.25) is 0 Å². The molecule has 0 saturated carbocycles. The van der Waals surface area contributed by atoms with Crippen LogP contribution in [-0.2, 0) is 4.43 Å². The summed E-state index contributed by atoms with van der Waals surface area (Å²) in [6, 6.07) is 3.61. The Balaban J connectivity index is 4.90. The standard InChI is InChI=1S/C16H34O2Si/c1-7-11-16(15(6)12-14(5)13-17)18-19(8-2,9-3)10-4/h12,15-17H,7-11,13H2,1-6H3/b14-12+/t15-,16-/m1/s1. The van der Waals surface area contributed by atoms with Crippen LogP contribution in [0.15, 0.2) is 11.6 Å². The van der Waals surface area contributed by atoms with E-state index in [2.05, 4.69) is 40.7 Å². The highest BCUT2D eigenvalue weighted by Crippen LogP contribution is 2.28. The zero-order chi connectivity index (χ0) is 14.9. The lowest BCUT2D eigenvalue weighted by Crippen LogP contribution is -2.41. The molecule has 0 heterocycles. The first-order chi connectivity index (χ1) is 8.98. The second-order valence-electron chi connectivity index (χ2n) is 5.72. The average Bonchev–Trinajstić information content (AvgIpc) is 2.43. The quantitative estimate of drug-likeness (QED) is 0.464. The van der Waals surface area contributed by atoms with Gasteiger partial charge >= 0.3 is 0 Å². The summed E-state index contributed by atoms with van der Waals surface area (Å²) >= 11 is 0. The van der Waals surface area contributed by atoms with Gasteiger partial charge in [0.1, 0.15) is 0 Å². The average molecular weight is 287 g/mol. The van der Waals surface area contributed by atoms with Crippen molar-refractivity contribution in [3.8, 4) is 0 Å². The molecule has 0 aliphatic heterocycles. The minimum Gasteiger partial charge on any atom is -0.413 e. The topological polar surface area (TPSA) is 29.5 Å². The van der Waals surface area contributed by atoms with Gasteiger partial charge in [-0.05, 0) is 37.4 Å². The minimum absolute atomic E-state index is 0.154. The van der Waals surface area contributed by atoms with E-state index in [1.807, 2.05) is 6.92 Å². The van der Waals surface area contributed by atoms with Gasteiger partial charge in [0.25, 0.3) is 0 Å². The SMILES string of the molecule is CCC[C@@H](O[Si](CC)(CC)CC)[C@H](C)/C=C(\C)CO. The first-order valence-corrected chi connectivity index (χ1v) is 10.5. The van der Waals surface area contributed by atoms with Crippen LogP contribution in [0.5, 0.6) is 0 Å². The summed E-state index contributed by atoms with van der Waals surface area (Å²) in [5.41, 5.74) is 1.05. The van der Waals surface area contributed by atoms with Gasteiger partial charge < -0.3 is 9.53 Å². The molecule has 2 atom stereocenters. The lowest BCUT2D eigenvalue weighted by atomic mass is 9.98. The van der Waals surface area contributed by atoms with E-state index in [9.17, 15) is 0 Å². The van der Waals surface area contributed by atoms with Gasteiger partial charge in [0, 0.05) is 0 Å². The molecule has 0 unspecified atom stereocenters. The van der Waals surface area contributed by atoms with Crippen molar-refractivity contribution in [1.82, 2.24) is 0 Å². The maximum atomic E-state index is 9.17. The highest BCUT2D eigenvalue weighted by molar-refractivity contribution is 6.73. The lowest BCUT2D eigenvalue weighted by molar-refractivity contribution is 0.139. The van der Waals surface area contributed by atoms with Crippen molar-refractivity contribution in [2.24, 2.45) is 5.92 Å². The fourth-order valence-corrected chi connectivity index (χ4v) is 5.62. The van der Waals surface area contributed by atoms with E-state index >= 15 is 0 Å². The number of hydrogen-bond acceptors (Lipinski definition) is 2. The van der Waals surface area contributed by atoms with Crippen LogP contribution in [0.2, 0.25) is 18.1 Å². The van der Waals surface area contributed by atoms with Crippen molar-refractivity contribution < 1.29 is 9.53 Å². The third-order valence-electron chi connectivity index (χ3n) is 4.29. The Morgan fingerprint density at radius 2 is 1.68 bits per heavy atom. The molecule has 0 bridgehead atoms. The van der Waals surface area contributed by atoms with Crippen molar-refractivity contribution >= 4 is 8.32 Å². The molecule has 0 aromatic rings. The van der Waals surface area contributed by atoms with E-state index in [-0.39, 0.29) is 6.61 Å². The molecule has 0 amide bonds. The fraction of sp³-hybridized carbons (Fsp3) is 0.875. The second-order valence-corrected chi connectivity index (χ2v) is 10.4. The normalized spacial score (nSPS) is 16.5. The molecule has 0 aromatic heterocycles. The van der Waals surface area contributed by atoms with Crippen molar-refractivity contribution in [3.05, 3.63) is 11.6 Å². The Bertz CT molecular complexity index is 251. The molecule has 114 valence electrons. The third kappa shape index (κ3) is 6.24. The monoisotopic (exact) mass is 286 g/mol. The Morgan fingerprint density at radius 1 is 1.16 bits per heavy atom. The van der Waals surface area contributed by atoms with Gasteiger partial charge in [-0.25, -0.2) is 0 Å². The molecular weight excluding hydrogens is 252 g/mol. The fourth-order valence-electron chi connectivity index (χ4n) is 2.64. The van der Waals surface area contributed by atoms with Crippen LogP contribution >= 0.6 is 0 Å². The lowest BCUT2D eigenvalue weighted by Gasteiger charge is -2.35. The Kier molecular flexibility index (Phi) is 9.67. The first-order valence-electron chi connectivity index (χ1n) is 7.94. The first kappa shape index (κ1) is 18.9. The maximum absolute atomic E-state index is 9.17. The van der Waals surface area contributed by atoms with Crippen LogP contribution in [0.4, 0.5) is 0 Å². The van der Waals surface area contributed by atoms with E-state index in [4.69, 9.17) is 9.53 Å². The predicted molar refractivity (Wildman–Crippen MR) is 87.0 cm³/mol. The maximum Gasteiger partial charge on any atom is 0.192 e. The Morgan fingerprint density at radius 3 is 2.05 bits per heavy atom. The van der Waals surface area contributed by atoms with Crippen molar-refractivity contribution in [2.75, 3.05) is 6.61 Å². The van der Waals surface area contributed by atoms with Crippen LogP contribution in [0.25, 0.3) is 0 Å². The molecule has 0 rings (SSSR count). The molecule has 3 heteroatoms. The van der Waals surface area contributed by atoms with E-state index in [0.29, 0.717) is 12.0 Å². The summed E-state index contributed by atoms with van der Waals surface area (Å²) in [6.07, 6.45) is 4.77. The molecule has 0 spiro atoms. The Labute approximate surface area is 121 Å². The number of aliphatic hydroxyl groups excluding tert-OH is 1. The molecule has 0 aliphatic carbocycles. The largest absolute Gasteiger partial charge is 0.413 e. The van der Waals surface area contributed by atoms with Crippen LogP contribution in [-0.4, -0.2) is 26.1 Å². The molecule has 2 nitrogen and oxygen atoms in total. The van der Waals surface area contributed by atoms with Gasteiger partial charge in [-0.1, -0.05) is 52.7 Å². The number of hydrogen-bond donors (Lipinski definition) is 1. The van der Waals surface area contributed by atoms with Gasteiger partial charge in [-0.2, -0.15) is 0 Å². The van der Waals surface area contributed by atoms with Gasteiger partial charge in [0.05, 0.1) is 12.7 Å². The molecule has 0 fully saturated rings. The molecular formula is C16H34O2Si. The summed E-state index contributed by atoms with van der Waals surface area (Å²) in [6.45, 7) is 13.4. The molecule has 1 N–H and O–H groups in total. The van der Waals surface area contributed by atoms with Crippen molar-refractivity contribution in [1.29, 1.82) is 0 Å². The van der Waals surface area contributed by atoms with E-state index < -0.39 is 8.32 Å². The van der Waals surface area contributed by atoms with E-state index in [1.165, 1.54) is 18.1 Å². The van der Waals surface area contributed by atoms with Crippen LogP contribution in [0.1, 0.15) is 54.4 Å². The van der Waals surface area contributed by atoms with Crippen LogP contribution in [0.3, 0.4) is 0 Å². The summed E-state index contributed by atoms with van der Waals surface area (Å²) in [5.74, 6) is 0.392. The Hall–Kier alpha value is -0.123. The zero-order valence-electron chi connectivity index (χ0n) is 13.8. The molecule has 0 radical (unpaired) electrons. The molecule has 0 aromatic carbocycles. The minimum atomic E-state index is -1.53. The van der Waals surface area contributed by atoms with E-state index in [0.717, 1.165) is 18.4 Å². The number of rotatable bonds is 10. The zero-order valence-corrected chi connectivity index (χ0v) is 14.8. The highest BCUT2D eigenvalue weighted by atomic mass is 28.4. The van der Waals surface area contributed by atoms with Gasteiger partial charge in [0.15, 0.2) is 8.32 Å². The summed E-state index contributed by atoms with van der Waals surface area (Å²) in [5, 5.41) is 9.17. The highest BCUT2D eigenvalue weighted by Gasteiger charge is 2.33. The summed E-state index contributed by atoms with van der Waals surface area (Å²) < 4.78 is 6.65. The second kappa shape index (κ2) is 9.73. The van der Waals surface area contributed by atoms with Crippen molar-refractivity contribution in [2.45, 2.75) is 78.6 Å². The number of aliphatic hydroxyl groups is 1. The van der Waals surface area contributed by atoms with Gasteiger partial charge in [0.2, 0.25) is 0 Å². The van der Waals surface area contributed by atoms with Crippen LogP contribution in [0, 0.1) is 5.92 Å². The predicted octanol–water partition coefficient (Wildman–Crippen LogP) is 4.75. The van der Waals surface area contributed by atoms with E-state index in [1.54, 1.807) is 0 Å². The van der Waals surface area contributed by atoms with Gasteiger partial charge in [-0.15, -0.1) is 0 Å².